The van der Waals surface area contributed by atoms with Crippen LogP contribution in [0.4, 0.5) is 0 Å². The molecule has 4 heteroatoms. The molecule has 1 aliphatic heterocycles. The molecular formula is C8H11NO3. The molecule has 3 atom stereocenters. The highest BCUT2D eigenvalue weighted by molar-refractivity contribution is 6.07. The minimum absolute atomic E-state index is 0.0313. The zero-order valence-electron chi connectivity index (χ0n) is 7.07. The van der Waals surface area contributed by atoms with Crippen molar-refractivity contribution in [3.8, 4) is 0 Å². The van der Waals surface area contributed by atoms with Crippen LogP contribution in [0.2, 0.25) is 0 Å². The highest BCUT2D eigenvalue weighted by Gasteiger charge is 2.55. The van der Waals surface area contributed by atoms with Gasteiger partial charge in [0, 0.05) is 6.42 Å². The van der Waals surface area contributed by atoms with Crippen molar-refractivity contribution in [3.63, 3.8) is 0 Å². The second-order valence-corrected chi connectivity index (χ2v) is 3.74. The van der Waals surface area contributed by atoms with Crippen LogP contribution in [0.15, 0.2) is 5.16 Å². The predicted octanol–water partition coefficient (Wildman–Crippen LogP) is 0.101. The van der Waals surface area contributed by atoms with Crippen molar-refractivity contribution in [2.24, 2.45) is 11.1 Å². The lowest BCUT2D eigenvalue weighted by Gasteiger charge is -2.20. The van der Waals surface area contributed by atoms with Gasteiger partial charge in [-0.1, -0.05) is 5.16 Å². The van der Waals surface area contributed by atoms with Gasteiger partial charge in [0.1, 0.15) is 17.3 Å². The number of rotatable bonds is 0. The van der Waals surface area contributed by atoms with Crippen LogP contribution in [-0.2, 0) is 9.63 Å². The van der Waals surface area contributed by atoms with E-state index in [9.17, 15) is 9.90 Å². The van der Waals surface area contributed by atoms with Crippen molar-refractivity contribution in [2.45, 2.75) is 32.0 Å². The monoisotopic (exact) mass is 169 g/mol. The molecule has 0 aromatic heterocycles. The number of ketones is 1. The van der Waals surface area contributed by atoms with Crippen LogP contribution in [0.1, 0.15) is 20.3 Å². The van der Waals surface area contributed by atoms with Gasteiger partial charge in [0.25, 0.3) is 0 Å². The lowest BCUT2D eigenvalue weighted by atomic mass is 9.96. The number of Topliss-reactive ketones (excluding diaryl/α,β-unsaturated/α-hetero) is 1. The van der Waals surface area contributed by atoms with Crippen molar-refractivity contribution in [1.29, 1.82) is 0 Å². The molecule has 0 radical (unpaired) electrons. The Hall–Kier alpha value is -0.900. The summed E-state index contributed by atoms with van der Waals surface area (Å²) >= 11 is 0. The lowest BCUT2D eigenvalue weighted by Crippen LogP contribution is -2.37. The summed E-state index contributed by atoms with van der Waals surface area (Å²) in [5.74, 6) is -0.274. The molecule has 0 saturated heterocycles. The van der Waals surface area contributed by atoms with Gasteiger partial charge in [-0.25, -0.2) is 0 Å². The smallest absolute Gasteiger partial charge is 0.171 e. The second kappa shape index (κ2) is 2.07. The van der Waals surface area contributed by atoms with Crippen LogP contribution in [0.3, 0.4) is 0 Å². The van der Waals surface area contributed by atoms with Crippen molar-refractivity contribution in [1.82, 2.24) is 0 Å². The summed E-state index contributed by atoms with van der Waals surface area (Å²) in [7, 11) is 0. The summed E-state index contributed by atoms with van der Waals surface area (Å²) in [6.45, 7) is 3.37. The minimum Gasteiger partial charge on any atom is -0.388 e. The normalized spacial score (nSPS) is 45.6. The zero-order chi connectivity index (χ0) is 8.93. The van der Waals surface area contributed by atoms with E-state index < -0.39 is 11.7 Å². The number of nitrogens with zero attached hydrogens (tertiary/aromatic N) is 1. The molecule has 0 bridgehead atoms. The third-order valence-corrected chi connectivity index (χ3v) is 2.56. The van der Waals surface area contributed by atoms with Crippen LogP contribution in [0, 0.1) is 5.92 Å². The first-order chi connectivity index (χ1) is 5.52. The van der Waals surface area contributed by atoms with E-state index in [4.69, 9.17) is 4.84 Å². The SMILES string of the molecule is CC1=NO[C@H]2[C@@H]1C(=O)C[C@]2(C)O. The standard InChI is InChI=1S/C8H11NO3/c1-4-6-5(10)3-8(2,11)7(6)12-9-4/h6-7,11H,3H2,1-2H3/t6-,7-,8-/m0/s1. The van der Waals surface area contributed by atoms with Gasteiger partial charge < -0.3 is 9.94 Å². The van der Waals surface area contributed by atoms with Crippen molar-refractivity contribution in [2.75, 3.05) is 0 Å². The zero-order valence-corrected chi connectivity index (χ0v) is 7.07. The summed E-state index contributed by atoms with van der Waals surface area (Å²) in [6.07, 6.45) is -0.278. The number of hydrogen-bond donors (Lipinski definition) is 1. The molecule has 0 unspecified atom stereocenters. The van der Waals surface area contributed by atoms with Crippen LogP contribution in [-0.4, -0.2) is 28.3 Å². The van der Waals surface area contributed by atoms with Gasteiger partial charge in [-0.3, -0.25) is 4.79 Å². The van der Waals surface area contributed by atoms with Gasteiger partial charge in [-0.15, -0.1) is 0 Å². The summed E-state index contributed by atoms with van der Waals surface area (Å²) in [5.41, 5.74) is -0.356. The number of hydrogen-bond acceptors (Lipinski definition) is 4. The molecule has 0 aromatic carbocycles. The van der Waals surface area contributed by atoms with Crippen molar-refractivity contribution in [3.05, 3.63) is 0 Å². The molecule has 2 rings (SSSR count). The Morgan fingerprint density at radius 3 is 3.00 bits per heavy atom. The van der Waals surface area contributed by atoms with E-state index in [-0.39, 0.29) is 18.1 Å². The van der Waals surface area contributed by atoms with E-state index >= 15 is 0 Å². The molecule has 1 saturated carbocycles. The predicted molar refractivity (Wildman–Crippen MR) is 41.7 cm³/mol. The first-order valence-corrected chi connectivity index (χ1v) is 3.98. The first kappa shape index (κ1) is 7.73. The lowest BCUT2D eigenvalue weighted by molar-refractivity contribution is -0.120. The van der Waals surface area contributed by atoms with Crippen LogP contribution >= 0.6 is 0 Å². The topological polar surface area (TPSA) is 58.9 Å². The number of aliphatic hydroxyl groups is 1. The van der Waals surface area contributed by atoms with Gasteiger partial charge in [-0.05, 0) is 13.8 Å². The Labute approximate surface area is 70.2 Å². The van der Waals surface area contributed by atoms with Crippen molar-refractivity contribution < 1.29 is 14.7 Å². The number of carbonyl (C=O) groups excluding carboxylic acids is 1. The van der Waals surface area contributed by atoms with E-state index in [1.807, 2.05) is 0 Å². The molecule has 1 fully saturated rings. The molecule has 2 aliphatic rings. The fraction of sp³-hybridized carbons (Fsp3) is 0.750. The highest BCUT2D eigenvalue weighted by Crippen LogP contribution is 2.38. The number of carbonyl (C=O) groups is 1. The maximum atomic E-state index is 11.4. The summed E-state index contributed by atoms with van der Waals surface area (Å²) in [5, 5.41) is 13.4. The molecule has 4 nitrogen and oxygen atoms in total. The van der Waals surface area contributed by atoms with E-state index in [1.54, 1.807) is 13.8 Å². The summed E-state index contributed by atoms with van der Waals surface area (Å²) in [4.78, 5) is 16.4. The summed E-state index contributed by atoms with van der Waals surface area (Å²) in [6, 6.07) is 0. The molecule has 1 aliphatic carbocycles. The van der Waals surface area contributed by atoms with Gasteiger partial charge in [0.15, 0.2) is 6.10 Å². The minimum atomic E-state index is -1.04. The maximum absolute atomic E-state index is 11.4. The van der Waals surface area contributed by atoms with Crippen LogP contribution in [0.25, 0.3) is 0 Å². The Morgan fingerprint density at radius 2 is 2.42 bits per heavy atom. The van der Waals surface area contributed by atoms with Crippen LogP contribution in [0.5, 0.6) is 0 Å². The fourth-order valence-corrected chi connectivity index (χ4v) is 1.91. The van der Waals surface area contributed by atoms with E-state index in [0.29, 0.717) is 5.71 Å². The molecule has 0 amide bonds. The maximum Gasteiger partial charge on any atom is 0.171 e. The Kier molecular flexibility index (Phi) is 1.33. The Morgan fingerprint density at radius 1 is 1.75 bits per heavy atom. The molecular weight excluding hydrogens is 158 g/mol. The van der Waals surface area contributed by atoms with Gasteiger partial charge >= 0.3 is 0 Å². The number of oxime groups is 1. The molecule has 66 valence electrons. The number of fused-ring (bicyclic) bond motifs is 1. The quantitative estimate of drug-likeness (QED) is 0.559. The second-order valence-electron chi connectivity index (χ2n) is 3.74. The van der Waals surface area contributed by atoms with E-state index in [0.717, 1.165) is 0 Å². The molecule has 12 heavy (non-hydrogen) atoms. The van der Waals surface area contributed by atoms with Gasteiger partial charge in [0.2, 0.25) is 0 Å². The van der Waals surface area contributed by atoms with E-state index in [1.165, 1.54) is 0 Å². The van der Waals surface area contributed by atoms with E-state index in [2.05, 4.69) is 5.16 Å². The van der Waals surface area contributed by atoms with Gasteiger partial charge in [0.05, 0.1) is 5.71 Å². The third kappa shape index (κ3) is 0.813. The van der Waals surface area contributed by atoms with Gasteiger partial charge in [-0.2, -0.15) is 0 Å². The fourth-order valence-electron chi connectivity index (χ4n) is 1.91. The first-order valence-electron chi connectivity index (χ1n) is 3.98. The molecule has 1 heterocycles. The molecule has 0 aromatic rings. The molecule has 0 spiro atoms. The van der Waals surface area contributed by atoms with Crippen LogP contribution < -0.4 is 0 Å². The molecule has 1 N–H and O–H groups in total. The van der Waals surface area contributed by atoms with Crippen molar-refractivity contribution >= 4 is 11.5 Å². The largest absolute Gasteiger partial charge is 0.388 e. The third-order valence-electron chi connectivity index (χ3n) is 2.56. The summed E-state index contributed by atoms with van der Waals surface area (Å²) < 4.78 is 0. The average molecular weight is 169 g/mol. The Bertz CT molecular complexity index is 269. The highest BCUT2D eigenvalue weighted by atomic mass is 16.7. The Balaban J connectivity index is 2.34. The average Bonchev–Trinajstić information content (AvgIpc) is 2.38.